The van der Waals surface area contributed by atoms with Crippen molar-refractivity contribution in [3.8, 4) is 0 Å². The van der Waals surface area contributed by atoms with Crippen LogP contribution >= 0.6 is 11.6 Å². The van der Waals surface area contributed by atoms with Crippen LogP contribution in [0.2, 0.25) is 5.02 Å². The first-order valence-electron chi connectivity index (χ1n) is 6.45. The number of hydrogen-bond acceptors (Lipinski definition) is 1. The Hall–Kier alpha value is -0.860. The third-order valence-corrected chi connectivity index (χ3v) is 3.59. The lowest BCUT2D eigenvalue weighted by atomic mass is 9.93. The SMILES string of the molecule is OC(CC1=CCCCC1)Cc1ccc(Cl)cc1F. The highest BCUT2D eigenvalue weighted by Gasteiger charge is 2.13. The lowest BCUT2D eigenvalue weighted by Crippen LogP contribution is -2.13. The minimum atomic E-state index is -0.509. The van der Waals surface area contributed by atoms with Crippen molar-refractivity contribution in [2.75, 3.05) is 0 Å². The summed E-state index contributed by atoms with van der Waals surface area (Å²) in [6, 6.07) is 4.60. The normalized spacial score (nSPS) is 17.4. The van der Waals surface area contributed by atoms with Crippen LogP contribution in [-0.2, 0) is 6.42 Å². The van der Waals surface area contributed by atoms with Crippen molar-refractivity contribution in [3.05, 3.63) is 46.3 Å². The minimum Gasteiger partial charge on any atom is -0.392 e. The van der Waals surface area contributed by atoms with Crippen molar-refractivity contribution >= 4 is 11.6 Å². The van der Waals surface area contributed by atoms with E-state index in [9.17, 15) is 9.50 Å². The molecule has 0 heterocycles. The van der Waals surface area contributed by atoms with Crippen molar-refractivity contribution in [2.45, 2.75) is 44.6 Å². The first-order valence-corrected chi connectivity index (χ1v) is 6.83. The van der Waals surface area contributed by atoms with Crippen molar-refractivity contribution in [1.29, 1.82) is 0 Å². The summed E-state index contributed by atoms with van der Waals surface area (Å²) in [4.78, 5) is 0. The van der Waals surface area contributed by atoms with E-state index in [0.717, 1.165) is 12.8 Å². The van der Waals surface area contributed by atoms with Crippen molar-refractivity contribution in [3.63, 3.8) is 0 Å². The van der Waals surface area contributed by atoms with Crippen LogP contribution in [0.5, 0.6) is 0 Å². The Bertz CT molecular complexity index is 442. The van der Waals surface area contributed by atoms with Gasteiger partial charge in [0.25, 0.3) is 0 Å². The summed E-state index contributed by atoms with van der Waals surface area (Å²) in [6.45, 7) is 0. The molecule has 0 aliphatic heterocycles. The number of allylic oxidation sites excluding steroid dienone is 1. The Morgan fingerprint density at radius 2 is 2.11 bits per heavy atom. The van der Waals surface area contributed by atoms with Gasteiger partial charge in [-0.1, -0.05) is 29.3 Å². The van der Waals surface area contributed by atoms with Crippen molar-refractivity contribution < 1.29 is 9.50 Å². The molecule has 1 unspecified atom stereocenters. The van der Waals surface area contributed by atoms with Crippen LogP contribution < -0.4 is 0 Å². The average Bonchev–Trinajstić information content (AvgIpc) is 2.34. The van der Waals surface area contributed by atoms with Gasteiger partial charge in [0.1, 0.15) is 5.82 Å². The van der Waals surface area contributed by atoms with Gasteiger partial charge in [0.2, 0.25) is 0 Å². The molecule has 1 atom stereocenters. The topological polar surface area (TPSA) is 20.2 Å². The van der Waals surface area contributed by atoms with Gasteiger partial charge < -0.3 is 5.11 Å². The third kappa shape index (κ3) is 3.82. The summed E-state index contributed by atoms with van der Waals surface area (Å²) in [5, 5.41) is 10.4. The number of hydrogen-bond donors (Lipinski definition) is 1. The van der Waals surface area contributed by atoms with Gasteiger partial charge >= 0.3 is 0 Å². The maximum absolute atomic E-state index is 13.6. The summed E-state index contributed by atoms with van der Waals surface area (Å²) in [7, 11) is 0. The number of aliphatic hydroxyl groups excluding tert-OH is 1. The quantitative estimate of drug-likeness (QED) is 0.809. The lowest BCUT2D eigenvalue weighted by Gasteiger charge is -2.17. The van der Waals surface area contributed by atoms with E-state index in [0.29, 0.717) is 23.4 Å². The van der Waals surface area contributed by atoms with Gasteiger partial charge in [0, 0.05) is 11.4 Å². The van der Waals surface area contributed by atoms with Crippen LogP contribution in [0.1, 0.15) is 37.7 Å². The first kappa shape index (κ1) is 13.6. The summed E-state index contributed by atoms with van der Waals surface area (Å²) in [5.41, 5.74) is 1.84. The van der Waals surface area contributed by atoms with Gasteiger partial charge in [0.15, 0.2) is 0 Å². The molecule has 0 amide bonds. The second-order valence-electron chi connectivity index (χ2n) is 4.91. The molecule has 18 heavy (non-hydrogen) atoms. The van der Waals surface area contributed by atoms with E-state index in [1.807, 2.05) is 0 Å². The zero-order chi connectivity index (χ0) is 13.0. The molecule has 0 fully saturated rings. The van der Waals surface area contributed by atoms with E-state index in [2.05, 4.69) is 6.08 Å². The molecule has 1 nitrogen and oxygen atoms in total. The summed E-state index contributed by atoms with van der Waals surface area (Å²) in [6.07, 6.45) is 7.33. The van der Waals surface area contributed by atoms with Gasteiger partial charge in [0.05, 0.1) is 6.10 Å². The first-order chi connectivity index (χ1) is 8.65. The Kier molecular flexibility index (Phi) is 4.79. The molecule has 2 rings (SSSR count). The molecule has 0 saturated heterocycles. The largest absolute Gasteiger partial charge is 0.392 e. The molecular weight excluding hydrogens is 251 g/mol. The predicted molar refractivity (Wildman–Crippen MR) is 72.3 cm³/mol. The minimum absolute atomic E-state index is 0.334. The number of rotatable bonds is 4. The molecule has 1 N–H and O–H groups in total. The van der Waals surface area contributed by atoms with Gasteiger partial charge in [-0.3, -0.25) is 0 Å². The third-order valence-electron chi connectivity index (χ3n) is 3.35. The molecule has 0 aromatic heterocycles. The van der Waals surface area contributed by atoms with Crippen molar-refractivity contribution in [1.82, 2.24) is 0 Å². The molecule has 1 aromatic carbocycles. The highest BCUT2D eigenvalue weighted by atomic mass is 35.5. The smallest absolute Gasteiger partial charge is 0.127 e. The van der Waals surface area contributed by atoms with Gasteiger partial charge in [-0.2, -0.15) is 0 Å². The predicted octanol–water partition coefficient (Wildman–Crippen LogP) is 4.27. The van der Waals surface area contributed by atoms with Gasteiger partial charge in [-0.15, -0.1) is 0 Å². The lowest BCUT2D eigenvalue weighted by molar-refractivity contribution is 0.172. The fourth-order valence-electron chi connectivity index (χ4n) is 2.41. The maximum Gasteiger partial charge on any atom is 0.127 e. The van der Waals surface area contributed by atoms with Crippen LogP contribution in [0.25, 0.3) is 0 Å². The molecule has 98 valence electrons. The fourth-order valence-corrected chi connectivity index (χ4v) is 2.56. The molecule has 0 saturated carbocycles. The maximum atomic E-state index is 13.6. The molecule has 1 aromatic rings. The molecule has 1 aliphatic carbocycles. The summed E-state index contributed by atoms with van der Waals surface area (Å²) < 4.78 is 13.6. The molecule has 3 heteroatoms. The average molecular weight is 269 g/mol. The Labute approximate surface area is 112 Å². The van der Waals surface area contributed by atoms with Gasteiger partial charge in [-0.25, -0.2) is 4.39 Å². The summed E-state index contributed by atoms with van der Waals surface area (Å²) in [5.74, 6) is -0.334. The second kappa shape index (κ2) is 6.35. The van der Waals surface area contributed by atoms with E-state index in [1.54, 1.807) is 12.1 Å². The van der Waals surface area contributed by atoms with E-state index >= 15 is 0 Å². The van der Waals surface area contributed by atoms with E-state index in [-0.39, 0.29) is 5.82 Å². The molecular formula is C15H18ClFO. The van der Waals surface area contributed by atoms with Gasteiger partial charge in [-0.05, 0) is 49.8 Å². The zero-order valence-electron chi connectivity index (χ0n) is 10.3. The van der Waals surface area contributed by atoms with Crippen LogP contribution in [0.4, 0.5) is 4.39 Å². The monoisotopic (exact) mass is 268 g/mol. The standard InChI is InChI=1S/C15H18ClFO/c16-13-7-6-12(15(17)10-13)9-14(18)8-11-4-2-1-3-5-11/h4,6-7,10,14,18H,1-3,5,8-9H2. The highest BCUT2D eigenvalue weighted by Crippen LogP contribution is 2.23. The highest BCUT2D eigenvalue weighted by molar-refractivity contribution is 6.30. The molecule has 0 spiro atoms. The molecule has 0 bridgehead atoms. The van der Waals surface area contributed by atoms with E-state index in [1.165, 1.54) is 24.5 Å². The number of benzene rings is 1. The second-order valence-corrected chi connectivity index (χ2v) is 5.34. The fraction of sp³-hybridized carbons (Fsp3) is 0.467. The Morgan fingerprint density at radius 1 is 1.28 bits per heavy atom. The number of halogens is 2. The van der Waals surface area contributed by atoms with Crippen LogP contribution in [-0.4, -0.2) is 11.2 Å². The van der Waals surface area contributed by atoms with Crippen LogP contribution in [0, 0.1) is 5.82 Å². The van der Waals surface area contributed by atoms with Crippen LogP contribution in [0.3, 0.4) is 0 Å². The van der Waals surface area contributed by atoms with Crippen LogP contribution in [0.15, 0.2) is 29.8 Å². The van der Waals surface area contributed by atoms with E-state index in [4.69, 9.17) is 11.6 Å². The van der Waals surface area contributed by atoms with E-state index < -0.39 is 6.10 Å². The zero-order valence-corrected chi connectivity index (χ0v) is 11.1. The number of aliphatic hydroxyl groups is 1. The summed E-state index contributed by atoms with van der Waals surface area (Å²) >= 11 is 5.70. The Balaban J connectivity index is 1.94. The molecule has 0 radical (unpaired) electrons. The van der Waals surface area contributed by atoms with Crippen molar-refractivity contribution in [2.24, 2.45) is 0 Å². The molecule has 1 aliphatic rings. The Morgan fingerprint density at radius 3 is 2.78 bits per heavy atom.